The number of likely N-dealkylation sites (tertiary alicyclic amines) is 1. The molecule has 1 aliphatic rings. The van der Waals surface area contributed by atoms with Gasteiger partial charge in [-0.2, -0.15) is 5.10 Å². The fourth-order valence-electron chi connectivity index (χ4n) is 4.62. The Morgan fingerprint density at radius 3 is 2.70 bits per heavy atom. The Balaban J connectivity index is 1.06. The summed E-state index contributed by atoms with van der Waals surface area (Å²) in [7, 11) is 0. The minimum Gasteiger partial charge on any atom is -0.450 e. The number of carbonyl (C=O) groups excluding carboxylic acids is 2. The highest BCUT2D eigenvalue weighted by Gasteiger charge is 2.34. The van der Waals surface area contributed by atoms with Gasteiger partial charge < -0.3 is 24.7 Å². The summed E-state index contributed by atoms with van der Waals surface area (Å²) in [5.74, 6) is -1.84. The first kappa shape index (κ1) is 29.7. The summed E-state index contributed by atoms with van der Waals surface area (Å²) in [6, 6.07) is 6.56. The number of benzene rings is 1. The van der Waals surface area contributed by atoms with Crippen molar-refractivity contribution in [1.29, 1.82) is 0 Å². The SMILES string of the molecule is CCOC(=O)N1CC(c2cc3cc(CCCCn4cc(C(=O)NCc5cc(OC(F)(F)F)ccc5F)nn4)nnc3[nH]2)C1. The Bertz CT molecular complexity index is 1600. The number of aryl methyl sites for hydroxylation is 2. The van der Waals surface area contributed by atoms with Crippen LogP contribution in [-0.2, 0) is 24.2 Å². The van der Waals surface area contributed by atoms with Crippen molar-refractivity contribution in [3.63, 3.8) is 0 Å². The van der Waals surface area contributed by atoms with E-state index < -0.39 is 23.8 Å². The van der Waals surface area contributed by atoms with Crippen LogP contribution in [0.4, 0.5) is 22.4 Å². The zero-order valence-electron chi connectivity index (χ0n) is 23.0. The van der Waals surface area contributed by atoms with Crippen LogP contribution in [0, 0.1) is 5.82 Å². The van der Waals surface area contributed by atoms with Crippen LogP contribution < -0.4 is 10.1 Å². The highest BCUT2D eigenvalue weighted by atomic mass is 19.4. The molecule has 3 aromatic heterocycles. The number of rotatable bonds is 11. The second-order valence-electron chi connectivity index (χ2n) is 9.97. The molecule has 5 rings (SSSR count). The molecule has 1 aliphatic heterocycles. The van der Waals surface area contributed by atoms with E-state index in [2.05, 4.69) is 35.5 Å². The van der Waals surface area contributed by atoms with Crippen molar-refractivity contribution in [2.45, 2.75) is 51.6 Å². The molecule has 228 valence electrons. The van der Waals surface area contributed by atoms with Gasteiger partial charge in [0.15, 0.2) is 11.3 Å². The topological polar surface area (TPSA) is 140 Å². The zero-order valence-corrected chi connectivity index (χ0v) is 23.0. The van der Waals surface area contributed by atoms with Gasteiger partial charge in [0.1, 0.15) is 11.6 Å². The second-order valence-corrected chi connectivity index (χ2v) is 9.97. The van der Waals surface area contributed by atoms with E-state index in [0.717, 1.165) is 41.4 Å². The molecule has 43 heavy (non-hydrogen) atoms. The summed E-state index contributed by atoms with van der Waals surface area (Å²) in [5.41, 5.74) is 2.33. The minimum atomic E-state index is -4.92. The van der Waals surface area contributed by atoms with Gasteiger partial charge in [0.25, 0.3) is 5.91 Å². The van der Waals surface area contributed by atoms with Crippen LogP contribution in [0.5, 0.6) is 5.75 Å². The van der Waals surface area contributed by atoms with Crippen LogP contribution in [0.3, 0.4) is 0 Å². The van der Waals surface area contributed by atoms with Gasteiger partial charge in [-0.1, -0.05) is 5.21 Å². The van der Waals surface area contributed by atoms with Crippen molar-refractivity contribution in [3.8, 4) is 5.75 Å². The number of aromatic nitrogens is 6. The fourth-order valence-corrected chi connectivity index (χ4v) is 4.62. The Kier molecular flexibility index (Phi) is 8.73. The number of hydrogen-bond acceptors (Lipinski definition) is 8. The number of ether oxygens (including phenoxy) is 2. The molecule has 1 fully saturated rings. The number of nitrogens with zero attached hydrogens (tertiary/aromatic N) is 6. The lowest BCUT2D eigenvalue weighted by molar-refractivity contribution is -0.274. The summed E-state index contributed by atoms with van der Waals surface area (Å²) in [4.78, 5) is 29.1. The first-order chi connectivity index (χ1) is 20.6. The van der Waals surface area contributed by atoms with E-state index in [0.29, 0.717) is 44.7 Å². The molecule has 0 atom stereocenters. The molecule has 4 heterocycles. The van der Waals surface area contributed by atoms with Gasteiger partial charge in [0.05, 0.1) is 18.5 Å². The van der Waals surface area contributed by atoms with E-state index in [9.17, 15) is 27.2 Å². The highest BCUT2D eigenvalue weighted by molar-refractivity contribution is 5.91. The second kappa shape index (κ2) is 12.6. The number of alkyl halides is 3. The van der Waals surface area contributed by atoms with Gasteiger partial charge in [0, 0.05) is 48.7 Å². The summed E-state index contributed by atoms with van der Waals surface area (Å²) in [6.07, 6.45) is -1.63. The molecule has 1 saturated heterocycles. The lowest BCUT2D eigenvalue weighted by atomic mass is 9.97. The van der Waals surface area contributed by atoms with Crippen LogP contribution in [0.2, 0.25) is 0 Å². The standard InChI is InChI=1S/C27H28F4N8O4/c1-2-42-26(41)38-13-18(14-38)22-11-16-9-19(34-36-24(16)33-22)5-3-4-8-39-15-23(35-37-39)25(40)32-12-17-10-20(6-7-21(17)28)43-27(29,30)31/h6-7,9-11,15,18H,2-5,8,12-14H2,1H3,(H,32,40)(H,33,36). The maximum absolute atomic E-state index is 14.0. The predicted molar refractivity (Wildman–Crippen MR) is 142 cm³/mol. The smallest absolute Gasteiger partial charge is 0.450 e. The lowest BCUT2D eigenvalue weighted by Crippen LogP contribution is -2.48. The Morgan fingerprint density at radius 1 is 1.12 bits per heavy atom. The monoisotopic (exact) mass is 604 g/mol. The van der Waals surface area contributed by atoms with Crippen LogP contribution in [0.25, 0.3) is 11.0 Å². The minimum absolute atomic E-state index is 0.0143. The molecular formula is C27H28F4N8O4. The first-order valence-corrected chi connectivity index (χ1v) is 13.6. The molecule has 0 saturated carbocycles. The molecule has 1 aromatic carbocycles. The van der Waals surface area contributed by atoms with Crippen molar-refractivity contribution in [2.75, 3.05) is 19.7 Å². The summed E-state index contributed by atoms with van der Waals surface area (Å²) in [6.45, 7) is 3.41. The Labute approximate surface area is 242 Å². The van der Waals surface area contributed by atoms with E-state index in [1.54, 1.807) is 11.8 Å². The van der Waals surface area contributed by atoms with Crippen molar-refractivity contribution in [2.24, 2.45) is 0 Å². The number of H-pyrrole nitrogens is 1. The summed E-state index contributed by atoms with van der Waals surface area (Å²) >= 11 is 0. The largest absolute Gasteiger partial charge is 0.573 e. The third kappa shape index (κ3) is 7.55. The zero-order chi connectivity index (χ0) is 30.6. The molecule has 2 N–H and O–H groups in total. The van der Waals surface area contributed by atoms with E-state index in [1.807, 2.05) is 12.1 Å². The Hall–Kier alpha value is -4.76. The molecule has 2 amide bonds. The fraction of sp³-hybridized carbons (Fsp3) is 0.407. The quantitative estimate of drug-likeness (QED) is 0.193. The number of nitrogens with one attached hydrogen (secondary N) is 2. The average molecular weight is 605 g/mol. The van der Waals surface area contributed by atoms with Crippen LogP contribution in [0.1, 0.15) is 53.1 Å². The highest BCUT2D eigenvalue weighted by Crippen LogP contribution is 2.29. The normalized spacial score (nSPS) is 13.7. The van der Waals surface area contributed by atoms with E-state index >= 15 is 0 Å². The third-order valence-electron chi connectivity index (χ3n) is 6.83. The van der Waals surface area contributed by atoms with Crippen LogP contribution in [-0.4, -0.2) is 73.1 Å². The van der Waals surface area contributed by atoms with Gasteiger partial charge >= 0.3 is 12.5 Å². The Morgan fingerprint density at radius 2 is 1.93 bits per heavy atom. The summed E-state index contributed by atoms with van der Waals surface area (Å²) in [5, 5.41) is 19.7. The molecule has 0 bridgehead atoms. The maximum Gasteiger partial charge on any atom is 0.573 e. The van der Waals surface area contributed by atoms with Gasteiger partial charge in [-0.3, -0.25) is 9.48 Å². The molecule has 4 aromatic rings. The lowest BCUT2D eigenvalue weighted by Gasteiger charge is -2.37. The summed E-state index contributed by atoms with van der Waals surface area (Å²) < 4.78 is 61.6. The van der Waals surface area contributed by atoms with E-state index in [4.69, 9.17) is 4.74 Å². The van der Waals surface area contributed by atoms with E-state index in [-0.39, 0.29) is 29.8 Å². The molecule has 12 nitrogen and oxygen atoms in total. The average Bonchev–Trinajstić information content (AvgIpc) is 3.57. The number of amides is 2. The number of halogens is 4. The van der Waals surface area contributed by atoms with Crippen molar-refractivity contribution in [1.82, 2.24) is 40.4 Å². The molecule has 0 radical (unpaired) electrons. The van der Waals surface area contributed by atoms with Gasteiger partial charge in [-0.15, -0.1) is 23.4 Å². The molecular weight excluding hydrogens is 576 g/mol. The van der Waals surface area contributed by atoms with Crippen LogP contribution in [0.15, 0.2) is 36.5 Å². The van der Waals surface area contributed by atoms with Gasteiger partial charge in [0.2, 0.25) is 0 Å². The number of carbonyl (C=O) groups is 2. The van der Waals surface area contributed by atoms with Gasteiger partial charge in [-0.05, 0) is 56.5 Å². The molecule has 0 unspecified atom stereocenters. The van der Waals surface area contributed by atoms with E-state index in [1.165, 1.54) is 10.9 Å². The number of fused-ring (bicyclic) bond motifs is 1. The number of unbranched alkanes of at least 4 members (excludes halogenated alkanes) is 1. The third-order valence-corrected chi connectivity index (χ3v) is 6.83. The first-order valence-electron chi connectivity index (χ1n) is 13.6. The number of aromatic amines is 1. The van der Waals surface area contributed by atoms with Gasteiger partial charge in [-0.25, -0.2) is 9.18 Å². The maximum atomic E-state index is 14.0. The molecule has 16 heteroatoms. The van der Waals surface area contributed by atoms with Crippen molar-refractivity contribution < 1.29 is 36.6 Å². The van der Waals surface area contributed by atoms with Crippen molar-refractivity contribution in [3.05, 3.63) is 65.0 Å². The molecule has 0 spiro atoms. The number of hydrogen-bond donors (Lipinski definition) is 2. The van der Waals surface area contributed by atoms with Crippen molar-refractivity contribution >= 4 is 23.0 Å². The predicted octanol–water partition coefficient (Wildman–Crippen LogP) is 4.10. The molecule has 0 aliphatic carbocycles. The van der Waals surface area contributed by atoms with Crippen LogP contribution >= 0.6 is 0 Å².